The first kappa shape index (κ1) is 29.5. The molecule has 0 spiro atoms. The van der Waals surface area contributed by atoms with Crippen LogP contribution in [0.3, 0.4) is 0 Å². The van der Waals surface area contributed by atoms with Gasteiger partial charge in [-0.1, -0.05) is 54.9 Å². The van der Waals surface area contributed by atoms with Crippen molar-refractivity contribution >= 4 is 58.4 Å². The number of benzene rings is 2. The molecule has 0 fully saturated rings. The van der Waals surface area contributed by atoms with Gasteiger partial charge < -0.3 is 19.9 Å². The van der Waals surface area contributed by atoms with Crippen LogP contribution in [0.4, 0.5) is 5.69 Å². The molecule has 0 aliphatic rings. The van der Waals surface area contributed by atoms with E-state index in [9.17, 15) is 14.4 Å². The van der Waals surface area contributed by atoms with Crippen LogP contribution in [0.5, 0.6) is 0 Å². The summed E-state index contributed by atoms with van der Waals surface area (Å²) in [6, 6.07) is 10.8. The van der Waals surface area contributed by atoms with Gasteiger partial charge in [0.2, 0.25) is 5.91 Å². The van der Waals surface area contributed by atoms with Crippen LogP contribution in [-0.2, 0) is 16.6 Å². The van der Waals surface area contributed by atoms with E-state index in [1.807, 2.05) is 13.8 Å². The molecule has 1 atom stereocenters. The van der Waals surface area contributed by atoms with Gasteiger partial charge in [0.25, 0.3) is 5.91 Å². The number of hydrogen-bond acceptors (Lipinski definition) is 7. The molecule has 1 heterocycles. The Morgan fingerprint density at radius 1 is 1.00 bits per heavy atom. The van der Waals surface area contributed by atoms with E-state index >= 15 is 0 Å². The van der Waals surface area contributed by atoms with Crippen molar-refractivity contribution < 1.29 is 19.1 Å². The minimum atomic E-state index is -0.456. The SMILES string of the molecule is CC(C)OC(=O)c1cccc(NC(=O)CSc2nnc([C@H](NC(=O)c3ccc(Cl)c(Cl)c3)C(C)C)n2C)c1. The highest BCUT2D eigenvalue weighted by molar-refractivity contribution is 7.99. The largest absolute Gasteiger partial charge is 0.459 e. The van der Waals surface area contributed by atoms with Gasteiger partial charge in [0.1, 0.15) is 0 Å². The molecule has 0 saturated heterocycles. The first-order valence-corrected chi connectivity index (χ1v) is 13.6. The lowest BCUT2D eigenvalue weighted by molar-refractivity contribution is -0.113. The highest BCUT2D eigenvalue weighted by Gasteiger charge is 2.25. The minimum Gasteiger partial charge on any atom is -0.459 e. The van der Waals surface area contributed by atoms with Gasteiger partial charge in [-0.05, 0) is 56.2 Å². The molecule has 0 saturated carbocycles. The van der Waals surface area contributed by atoms with Gasteiger partial charge in [-0.15, -0.1) is 10.2 Å². The number of thioether (sulfide) groups is 1. The third-order valence-electron chi connectivity index (χ3n) is 5.34. The van der Waals surface area contributed by atoms with Crippen LogP contribution >= 0.6 is 35.0 Å². The van der Waals surface area contributed by atoms with Crippen molar-refractivity contribution in [3.8, 4) is 0 Å². The summed E-state index contributed by atoms with van der Waals surface area (Å²) >= 11 is 13.2. The molecule has 0 unspecified atom stereocenters. The molecule has 9 nitrogen and oxygen atoms in total. The zero-order valence-corrected chi connectivity index (χ0v) is 23.9. The Balaban J connectivity index is 1.64. The maximum absolute atomic E-state index is 12.9. The van der Waals surface area contributed by atoms with Gasteiger partial charge in [0.05, 0.1) is 33.5 Å². The summed E-state index contributed by atoms with van der Waals surface area (Å²) in [5.41, 5.74) is 1.21. The number of amides is 2. The van der Waals surface area contributed by atoms with Crippen molar-refractivity contribution in [2.45, 2.75) is 45.0 Å². The molecule has 0 radical (unpaired) electrons. The Bertz CT molecular complexity index is 1330. The lowest BCUT2D eigenvalue weighted by Gasteiger charge is -2.22. The van der Waals surface area contributed by atoms with Crippen molar-refractivity contribution in [2.75, 3.05) is 11.1 Å². The number of anilines is 1. The Kier molecular flexibility index (Phi) is 10.2. The molecule has 12 heteroatoms. The van der Waals surface area contributed by atoms with Crippen LogP contribution in [0.25, 0.3) is 0 Å². The van der Waals surface area contributed by atoms with Gasteiger partial charge >= 0.3 is 5.97 Å². The van der Waals surface area contributed by atoms with E-state index in [4.69, 9.17) is 27.9 Å². The van der Waals surface area contributed by atoms with Gasteiger partial charge in [-0.3, -0.25) is 9.59 Å². The number of nitrogens with zero attached hydrogens (tertiary/aromatic N) is 3. The summed E-state index contributed by atoms with van der Waals surface area (Å²) in [4.78, 5) is 37.6. The standard InChI is InChI=1S/C26H29Cl2N5O4S/c1-14(2)22(30-24(35)16-9-10-19(27)20(28)12-16)23-31-32-26(33(23)5)38-13-21(34)29-18-8-6-7-17(11-18)25(36)37-15(3)4/h6-12,14-15,22H,13H2,1-5H3,(H,29,34)(H,30,35)/t22-/m1/s1. The molecular formula is C26H29Cl2N5O4S. The van der Waals surface area contributed by atoms with Crippen LogP contribution in [0, 0.1) is 5.92 Å². The topological polar surface area (TPSA) is 115 Å². The molecule has 0 bridgehead atoms. The zero-order valence-electron chi connectivity index (χ0n) is 21.6. The molecular weight excluding hydrogens is 549 g/mol. The maximum Gasteiger partial charge on any atom is 0.338 e. The Morgan fingerprint density at radius 2 is 1.74 bits per heavy atom. The molecule has 202 valence electrons. The Labute approximate surface area is 235 Å². The van der Waals surface area contributed by atoms with E-state index in [2.05, 4.69) is 20.8 Å². The van der Waals surface area contributed by atoms with Crippen molar-refractivity contribution in [2.24, 2.45) is 13.0 Å². The summed E-state index contributed by atoms with van der Waals surface area (Å²) < 4.78 is 6.95. The minimum absolute atomic E-state index is 0.000401. The summed E-state index contributed by atoms with van der Waals surface area (Å²) in [7, 11) is 1.78. The van der Waals surface area contributed by atoms with Crippen LogP contribution in [0.15, 0.2) is 47.6 Å². The number of ether oxygens (including phenoxy) is 1. The average molecular weight is 579 g/mol. The highest BCUT2D eigenvalue weighted by Crippen LogP contribution is 2.26. The van der Waals surface area contributed by atoms with Crippen LogP contribution in [0.2, 0.25) is 10.0 Å². The Morgan fingerprint density at radius 3 is 2.39 bits per heavy atom. The number of rotatable bonds is 10. The number of carbonyl (C=O) groups excluding carboxylic acids is 3. The third-order valence-corrected chi connectivity index (χ3v) is 7.10. The van der Waals surface area contributed by atoms with E-state index in [1.54, 1.807) is 61.9 Å². The smallest absolute Gasteiger partial charge is 0.338 e. The van der Waals surface area contributed by atoms with Gasteiger partial charge in [-0.25, -0.2) is 4.79 Å². The van der Waals surface area contributed by atoms with E-state index in [1.165, 1.54) is 17.8 Å². The fraction of sp³-hybridized carbons (Fsp3) is 0.346. The number of esters is 1. The van der Waals surface area contributed by atoms with Crippen LogP contribution in [-0.4, -0.2) is 44.4 Å². The number of carbonyl (C=O) groups is 3. The molecule has 3 aromatic rings. The fourth-order valence-electron chi connectivity index (χ4n) is 3.45. The number of hydrogen-bond donors (Lipinski definition) is 2. The van der Waals surface area contributed by atoms with Crippen molar-refractivity contribution in [3.05, 3.63) is 69.5 Å². The van der Waals surface area contributed by atoms with Crippen LogP contribution < -0.4 is 10.6 Å². The van der Waals surface area contributed by atoms with Gasteiger partial charge in [-0.2, -0.15) is 0 Å². The summed E-state index contributed by atoms with van der Waals surface area (Å²) in [5, 5.41) is 15.4. The average Bonchev–Trinajstić information content (AvgIpc) is 3.22. The highest BCUT2D eigenvalue weighted by atomic mass is 35.5. The molecule has 38 heavy (non-hydrogen) atoms. The summed E-state index contributed by atoms with van der Waals surface area (Å²) in [5.74, 6) is -0.439. The molecule has 1 aromatic heterocycles. The van der Waals surface area contributed by atoms with Crippen molar-refractivity contribution in [3.63, 3.8) is 0 Å². The zero-order chi connectivity index (χ0) is 28.0. The third kappa shape index (κ3) is 7.72. The van der Waals surface area contributed by atoms with E-state index in [-0.39, 0.29) is 29.6 Å². The van der Waals surface area contributed by atoms with Crippen molar-refractivity contribution in [1.29, 1.82) is 0 Å². The number of nitrogens with one attached hydrogen (secondary N) is 2. The quantitative estimate of drug-likeness (QED) is 0.240. The predicted octanol–water partition coefficient (Wildman–Crippen LogP) is 5.55. The molecule has 2 N–H and O–H groups in total. The van der Waals surface area contributed by atoms with E-state index in [0.717, 1.165) is 0 Å². The first-order chi connectivity index (χ1) is 18.0. The summed E-state index contributed by atoms with van der Waals surface area (Å²) in [6.45, 7) is 7.46. The molecule has 2 aromatic carbocycles. The molecule has 0 aliphatic heterocycles. The van der Waals surface area contributed by atoms with Gasteiger partial charge in [0.15, 0.2) is 11.0 Å². The maximum atomic E-state index is 12.9. The number of halogens is 2. The summed E-state index contributed by atoms with van der Waals surface area (Å²) in [6.07, 6.45) is -0.243. The Hall–Kier alpha value is -3.08. The second kappa shape index (κ2) is 13.1. The monoisotopic (exact) mass is 577 g/mol. The number of aromatic nitrogens is 3. The van der Waals surface area contributed by atoms with E-state index in [0.29, 0.717) is 37.8 Å². The van der Waals surface area contributed by atoms with E-state index < -0.39 is 12.0 Å². The van der Waals surface area contributed by atoms with Crippen LogP contribution in [0.1, 0.15) is 60.3 Å². The molecule has 0 aliphatic carbocycles. The lowest BCUT2D eigenvalue weighted by Crippen LogP contribution is -2.33. The second-order valence-electron chi connectivity index (χ2n) is 9.10. The fourth-order valence-corrected chi connectivity index (χ4v) is 4.46. The predicted molar refractivity (Wildman–Crippen MR) is 149 cm³/mol. The normalized spacial score (nSPS) is 11.9. The lowest BCUT2D eigenvalue weighted by atomic mass is 10.0. The second-order valence-corrected chi connectivity index (χ2v) is 10.9. The van der Waals surface area contributed by atoms with Crippen molar-refractivity contribution in [1.82, 2.24) is 20.1 Å². The van der Waals surface area contributed by atoms with Gasteiger partial charge in [0, 0.05) is 18.3 Å². The first-order valence-electron chi connectivity index (χ1n) is 11.8. The molecule has 2 amide bonds. The molecule has 3 rings (SSSR count).